The Morgan fingerprint density at radius 3 is 2.83 bits per heavy atom. The van der Waals surface area contributed by atoms with E-state index in [-0.39, 0.29) is 6.04 Å². The summed E-state index contributed by atoms with van der Waals surface area (Å²) in [6.07, 6.45) is 1.69. The van der Waals surface area contributed by atoms with Gasteiger partial charge in [0.2, 0.25) is 0 Å². The zero-order valence-electron chi connectivity index (χ0n) is 9.93. The second-order valence-electron chi connectivity index (χ2n) is 3.75. The summed E-state index contributed by atoms with van der Waals surface area (Å²) in [6, 6.07) is 10.9. The van der Waals surface area contributed by atoms with E-state index in [1.165, 1.54) is 0 Å². The Morgan fingerprint density at radius 2 is 2.17 bits per heavy atom. The van der Waals surface area contributed by atoms with E-state index in [4.69, 9.17) is 22.2 Å². The molecule has 2 rings (SSSR count). The number of hydrogen-bond acceptors (Lipinski definition) is 4. The number of methoxy groups -OCH3 is 1. The molecule has 0 aliphatic carbocycles. The lowest BCUT2D eigenvalue weighted by Crippen LogP contribution is -2.29. The Kier molecular flexibility index (Phi) is 4.15. The molecule has 1 heterocycles. The summed E-state index contributed by atoms with van der Waals surface area (Å²) in [5.41, 5.74) is 4.36. The van der Waals surface area contributed by atoms with Gasteiger partial charge in [0, 0.05) is 6.20 Å². The number of hydrogen-bond donors (Lipinski definition) is 2. The number of ether oxygens (including phenoxy) is 1. The smallest absolute Gasteiger partial charge is 0.119 e. The van der Waals surface area contributed by atoms with Gasteiger partial charge in [0.1, 0.15) is 5.75 Å². The van der Waals surface area contributed by atoms with Crippen LogP contribution in [0.1, 0.15) is 17.3 Å². The van der Waals surface area contributed by atoms with Crippen molar-refractivity contribution < 1.29 is 4.74 Å². The van der Waals surface area contributed by atoms with Gasteiger partial charge in [-0.1, -0.05) is 23.7 Å². The molecule has 4 nitrogen and oxygen atoms in total. The van der Waals surface area contributed by atoms with Crippen molar-refractivity contribution in [1.29, 1.82) is 0 Å². The number of benzene rings is 1. The Balaban J connectivity index is 2.42. The minimum absolute atomic E-state index is 0.270. The summed E-state index contributed by atoms with van der Waals surface area (Å²) in [4.78, 5) is 4.27. The second-order valence-corrected chi connectivity index (χ2v) is 4.15. The van der Waals surface area contributed by atoms with E-state index in [1.54, 1.807) is 25.4 Å². The van der Waals surface area contributed by atoms with Gasteiger partial charge in [-0.2, -0.15) is 0 Å². The van der Waals surface area contributed by atoms with Crippen molar-refractivity contribution in [2.75, 3.05) is 7.11 Å². The molecule has 0 aliphatic rings. The molecule has 1 aromatic heterocycles. The minimum Gasteiger partial charge on any atom is -0.497 e. The van der Waals surface area contributed by atoms with Gasteiger partial charge in [0.25, 0.3) is 0 Å². The molecule has 1 atom stereocenters. The first kappa shape index (κ1) is 12.8. The van der Waals surface area contributed by atoms with Crippen LogP contribution in [0.4, 0.5) is 0 Å². The molecule has 2 aromatic rings. The number of nitrogens with one attached hydrogen (secondary N) is 1. The maximum Gasteiger partial charge on any atom is 0.119 e. The maximum atomic E-state index is 6.13. The van der Waals surface area contributed by atoms with Crippen LogP contribution in [-0.2, 0) is 0 Å². The van der Waals surface area contributed by atoms with Gasteiger partial charge in [0.05, 0.1) is 23.9 Å². The van der Waals surface area contributed by atoms with Crippen molar-refractivity contribution >= 4 is 11.6 Å². The molecule has 0 radical (unpaired) electrons. The summed E-state index contributed by atoms with van der Waals surface area (Å²) < 4.78 is 5.19. The highest BCUT2D eigenvalue weighted by atomic mass is 35.5. The summed E-state index contributed by atoms with van der Waals surface area (Å²) in [5, 5.41) is 0.572. The van der Waals surface area contributed by atoms with Gasteiger partial charge in [-0.15, -0.1) is 0 Å². The average Bonchev–Trinajstić information content (AvgIpc) is 2.42. The van der Waals surface area contributed by atoms with Crippen LogP contribution in [0.25, 0.3) is 0 Å². The Bertz CT molecular complexity index is 533. The SMILES string of the molecule is COc1cccc(C(NN)c2ncccc2Cl)c1. The molecule has 0 aliphatic heterocycles. The summed E-state index contributed by atoms with van der Waals surface area (Å²) in [6.45, 7) is 0. The Labute approximate surface area is 111 Å². The van der Waals surface area contributed by atoms with Crippen molar-refractivity contribution in [3.63, 3.8) is 0 Å². The van der Waals surface area contributed by atoms with Crippen LogP contribution in [-0.4, -0.2) is 12.1 Å². The van der Waals surface area contributed by atoms with E-state index >= 15 is 0 Å². The number of halogens is 1. The molecular weight excluding hydrogens is 250 g/mol. The number of pyridine rings is 1. The van der Waals surface area contributed by atoms with Crippen molar-refractivity contribution in [3.8, 4) is 5.75 Å². The van der Waals surface area contributed by atoms with Crippen LogP contribution in [0.2, 0.25) is 5.02 Å². The number of rotatable bonds is 4. The molecule has 0 spiro atoms. The molecule has 0 fully saturated rings. The molecule has 0 saturated carbocycles. The first-order valence-corrected chi connectivity index (χ1v) is 5.84. The standard InChI is InChI=1S/C13H14ClN3O/c1-18-10-5-2-4-9(8-10)12(17-15)13-11(14)6-3-7-16-13/h2-8,12,17H,15H2,1H3. The van der Waals surface area contributed by atoms with E-state index in [1.807, 2.05) is 24.3 Å². The predicted octanol–water partition coefficient (Wildman–Crippen LogP) is 2.30. The summed E-state index contributed by atoms with van der Waals surface area (Å²) in [5.74, 6) is 6.37. The fraction of sp³-hybridized carbons (Fsp3) is 0.154. The highest BCUT2D eigenvalue weighted by Crippen LogP contribution is 2.27. The lowest BCUT2D eigenvalue weighted by Gasteiger charge is -2.17. The van der Waals surface area contributed by atoms with Crippen LogP contribution >= 0.6 is 11.6 Å². The number of aromatic nitrogens is 1. The van der Waals surface area contributed by atoms with Gasteiger partial charge < -0.3 is 4.74 Å². The molecule has 1 unspecified atom stereocenters. The summed E-state index contributed by atoms with van der Waals surface area (Å²) >= 11 is 6.13. The van der Waals surface area contributed by atoms with E-state index < -0.39 is 0 Å². The maximum absolute atomic E-state index is 6.13. The Hall–Kier alpha value is -1.62. The number of nitrogens with two attached hydrogens (primary N) is 1. The number of nitrogens with zero attached hydrogens (tertiary/aromatic N) is 1. The van der Waals surface area contributed by atoms with Crippen molar-refractivity contribution in [1.82, 2.24) is 10.4 Å². The average molecular weight is 264 g/mol. The van der Waals surface area contributed by atoms with Gasteiger partial charge in [0.15, 0.2) is 0 Å². The zero-order valence-corrected chi connectivity index (χ0v) is 10.7. The third kappa shape index (κ3) is 2.61. The lowest BCUT2D eigenvalue weighted by molar-refractivity contribution is 0.413. The van der Waals surface area contributed by atoms with E-state index in [9.17, 15) is 0 Å². The molecule has 3 N–H and O–H groups in total. The molecular formula is C13H14ClN3O. The van der Waals surface area contributed by atoms with Gasteiger partial charge in [-0.3, -0.25) is 10.8 Å². The molecule has 1 aromatic carbocycles. The normalized spacial score (nSPS) is 12.2. The van der Waals surface area contributed by atoms with Crippen molar-refractivity contribution in [2.24, 2.45) is 5.84 Å². The quantitative estimate of drug-likeness (QED) is 0.656. The largest absolute Gasteiger partial charge is 0.497 e. The molecule has 5 heteroatoms. The molecule has 94 valence electrons. The van der Waals surface area contributed by atoms with Crippen LogP contribution in [0.15, 0.2) is 42.6 Å². The molecule has 0 saturated heterocycles. The molecule has 18 heavy (non-hydrogen) atoms. The highest BCUT2D eigenvalue weighted by molar-refractivity contribution is 6.31. The lowest BCUT2D eigenvalue weighted by atomic mass is 10.0. The van der Waals surface area contributed by atoms with Gasteiger partial charge in [-0.05, 0) is 29.8 Å². The van der Waals surface area contributed by atoms with E-state index in [2.05, 4.69) is 10.4 Å². The first-order valence-electron chi connectivity index (χ1n) is 5.46. The fourth-order valence-corrected chi connectivity index (χ4v) is 2.00. The van der Waals surface area contributed by atoms with Crippen LogP contribution in [0, 0.1) is 0 Å². The predicted molar refractivity (Wildman–Crippen MR) is 71.4 cm³/mol. The highest BCUT2D eigenvalue weighted by Gasteiger charge is 2.17. The number of hydrazine groups is 1. The third-order valence-corrected chi connectivity index (χ3v) is 2.97. The van der Waals surface area contributed by atoms with Crippen molar-refractivity contribution in [3.05, 3.63) is 58.9 Å². The van der Waals surface area contributed by atoms with Gasteiger partial charge in [-0.25, -0.2) is 5.43 Å². The monoisotopic (exact) mass is 263 g/mol. The molecule has 0 bridgehead atoms. The van der Waals surface area contributed by atoms with Gasteiger partial charge >= 0.3 is 0 Å². The first-order chi connectivity index (χ1) is 8.76. The third-order valence-electron chi connectivity index (χ3n) is 2.65. The minimum atomic E-state index is -0.270. The van der Waals surface area contributed by atoms with E-state index in [0.717, 1.165) is 11.3 Å². The van der Waals surface area contributed by atoms with Crippen molar-refractivity contribution in [2.45, 2.75) is 6.04 Å². The molecule has 0 amide bonds. The van der Waals surface area contributed by atoms with Crippen LogP contribution < -0.4 is 16.0 Å². The van der Waals surface area contributed by atoms with Crippen LogP contribution in [0.5, 0.6) is 5.75 Å². The second kappa shape index (κ2) is 5.82. The van der Waals surface area contributed by atoms with Crippen LogP contribution in [0.3, 0.4) is 0 Å². The zero-order chi connectivity index (χ0) is 13.0. The fourth-order valence-electron chi connectivity index (χ4n) is 1.76. The summed E-state index contributed by atoms with van der Waals surface area (Å²) in [7, 11) is 1.62. The van der Waals surface area contributed by atoms with E-state index in [0.29, 0.717) is 10.7 Å². The topological polar surface area (TPSA) is 60.2 Å². The Morgan fingerprint density at radius 1 is 1.33 bits per heavy atom.